The first-order chi connectivity index (χ1) is 5.93. The smallest absolute Gasteiger partial charge is 0.246 e. The molecule has 0 spiro atoms. The van der Waals surface area contributed by atoms with Gasteiger partial charge in [0.1, 0.15) is 20.3 Å². The van der Waals surface area contributed by atoms with Crippen LogP contribution in [0.4, 0.5) is 0 Å². The summed E-state index contributed by atoms with van der Waals surface area (Å²) in [5.74, 6) is 2.70. The summed E-state index contributed by atoms with van der Waals surface area (Å²) >= 11 is 0. The second-order valence-electron chi connectivity index (χ2n) is 1.81. The van der Waals surface area contributed by atoms with Crippen molar-refractivity contribution in [3.05, 3.63) is 30.3 Å². The van der Waals surface area contributed by atoms with Crippen LogP contribution in [0.5, 0.6) is 5.75 Å². The molecule has 1 atom stereocenters. The highest BCUT2D eigenvalue weighted by atomic mass is 31.1. The zero-order valence-electron chi connectivity index (χ0n) is 6.14. The van der Waals surface area contributed by atoms with Crippen molar-refractivity contribution in [2.75, 3.05) is 0 Å². The number of nitrogens with zero attached hydrogens (tertiary/aromatic N) is 2. The van der Waals surface area contributed by atoms with Gasteiger partial charge in [0.25, 0.3) is 0 Å². The molecule has 1 unspecified atom stereocenters. The van der Waals surface area contributed by atoms with E-state index in [2.05, 4.69) is 4.52 Å². The minimum atomic E-state index is -0.0402. The van der Waals surface area contributed by atoms with E-state index in [-0.39, 0.29) is 8.73 Å². The van der Waals surface area contributed by atoms with E-state index < -0.39 is 0 Å². The van der Waals surface area contributed by atoms with Crippen LogP contribution in [0.15, 0.2) is 34.8 Å². The van der Waals surface area contributed by atoms with Crippen LogP contribution in [-0.2, 0) is 0 Å². The van der Waals surface area contributed by atoms with Crippen molar-refractivity contribution in [3.63, 3.8) is 0 Å². The van der Waals surface area contributed by atoms with E-state index in [1.807, 2.05) is 36.1 Å². The average Bonchev–Trinajstić information content (AvgIpc) is 2.14. The lowest BCUT2D eigenvalue weighted by molar-refractivity contribution is 0.639. The summed E-state index contributed by atoms with van der Waals surface area (Å²) in [7, 11) is 0.448. The van der Waals surface area contributed by atoms with Crippen LogP contribution in [0.3, 0.4) is 0 Å². The largest absolute Gasteiger partial charge is 0.423 e. The quantitative estimate of drug-likeness (QED) is 0.696. The second kappa shape index (κ2) is 5.66. The highest BCUT2D eigenvalue weighted by Crippen LogP contribution is 2.20. The standard InChI is InChI=1S/C7H6N2OP2/c8-6-11-9-12-10-7-4-2-1-3-5-7/h1-5,11H. The Hall–Kier alpha value is -0.960. The summed E-state index contributed by atoms with van der Waals surface area (Å²) in [6, 6.07) is 9.38. The van der Waals surface area contributed by atoms with Crippen LogP contribution in [-0.4, -0.2) is 0 Å². The summed E-state index contributed by atoms with van der Waals surface area (Å²) in [6.45, 7) is 0. The highest BCUT2D eigenvalue weighted by Gasteiger charge is 1.86. The van der Waals surface area contributed by atoms with Gasteiger partial charge in [0.05, 0.1) is 0 Å². The molecule has 0 saturated heterocycles. The molecule has 0 aliphatic rings. The third-order valence-electron chi connectivity index (χ3n) is 1.03. The van der Waals surface area contributed by atoms with E-state index in [0.717, 1.165) is 5.75 Å². The molecule has 0 heterocycles. The molecule has 0 aromatic heterocycles. The molecule has 5 heteroatoms. The van der Waals surface area contributed by atoms with Gasteiger partial charge in [0.2, 0.25) is 8.60 Å². The molecule has 1 rings (SSSR count). The van der Waals surface area contributed by atoms with Gasteiger partial charge < -0.3 is 4.52 Å². The van der Waals surface area contributed by atoms with Gasteiger partial charge in [-0.05, 0) is 12.1 Å². The number of nitriles is 1. The molecule has 0 aliphatic carbocycles. The molecule has 1 aromatic rings. The Bertz CT molecular complexity index is 294. The van der Waals surface area contributed by atoms with Crippen molar-refractivity contribution in [1.82, 2.24) is 0 Å². The van der Waals surface area contributed by atoms with Crippen molar-refractivity contribution in [2.45, 2.75) is 0 Å². The van der Waals surface area contributed by atoms with Crippen LogP contribution >= 0.6 is 17.3 Å². The topological polar surface area (TPSA) is 45.4 Å². The van der Waals surface area contributed by atoms with Gasteiger partial charge in [-0.2, -0.15) is 9.78 Å². The summed E-state index contributed by atoms with van der Waals surface area (Å²) in [4.78, 5) is 0. The van der Waals surface area contributed by atoms with Crippen LogP contribution in [0.25, 0.3) is 0 Å². The predicted molar refractivity (Wildman–Crippen MR) is 50.3 cm³/mol. The molecule has 0 aliphatic heterocycles. The lowest BCUT2D eigenvalue weighted by atomic mass is 10.3. The van der Waals surface area contributed by atoms with Gasteiger partial charge >= 0.3 is 0 Å². The molecule has 12 heavy (non-hydrogen) atoms. The van der Waals surface area contributed by atoms with Gasteiger partial charge in [-0.25, -0.2) is 0 Å². The fraction of sp³-hybridized carbons (Fsp3) is 0. The fourth-order valence-electron chi connectivity index (χ4n) is 0.592. The van der Waals surface area contributed by atoms with Crippen LogP contribution in [0.2, 0.25) is 0 Å². The highest BCUT2D eigenvalue weighted by molar-refractivity contribution is 7.47. The van der Waals surface area contributed by atoms with Crippen LogP contribution < -0.4 is 4.52 Å². The predicted octanol–water partition coefficient (Wildman–Crippen LogP) is 3.18. The van der Waals surface area contributed by atoms with Crippen molar-refractivity contribution >= 4 is 17.3 Å². The number of para-hydroxylation sites is 1. The number of benzene rings is 1. The van der Waals surface area contributed by atoms with Crippen LogP contribution in [0, 0.1) is 11.1 Å². The molecule has 0 radical (unpaired) electrons. The molecule has 1 aromatic carbocycles. The lowest BCUT2D eigenvalue weighted by Gasteiger charge is -1.93. The molecule has 0 amide bonds. The summed E-state index contributed by atoms with van der Waals surface area (Å²) < 4.78 is 8.97. The average molecular weight is 196 g/mol. The van der Waals surface area contributed by atoms with E-state index in [1.54, 1.807) is 0 Å². The minimum absolute atomic E-state index is 0.0402. The summed E-state index contributed by atoms with van der Waals surface area (Å²) in [5.41, 5.74) is 0. The number of hydrogen-bond acceptors (Lipinski definition) is 3. The Kier molecular flexibility index (Phi) is 4.31. The monoisotopic (exact) mass is 196 g/mol. The van der Waals surface area contributed by atoms with Gasteiger partial charge in [-0.15, -0.1) is 0 Å². The van der Waals surface area contributed by atoms with Gasteiger partial charge in [0.15, 0.2) is 0 Å². The maximum Gasteiger partial charge on any atom is 0.246 e. The fourth-order valence-corrected chi connectivity index (χ4v) is 1.31. The normalized spacial score (nSPS) is 10.6. The minimum Gasteiger partial charge on any atom is -0.423 e. The Morgan fingerprint density at radius 3 is 2.83 bits per heavy atom. The third kappa shape index (κ3) is 3.44. The lowest BCUT2D eigenvalue weighted by Crippen LogP contribution is -1.70. The molecule has 0 fully saturated rings. The van der Waals surface area contributed by atoms with Crippen molar-refractivity contribution < 1.29 is 4.52 Å². The zero-order valence-corrected chi connectivity index (χ0v) is 8.03. The molecule has 3 nitrogen and oxygen atoms in total. The first-order valence-electron chi connectivity index (χ1n) is 3.19. The number of rotatable bonds is 3. The molecule has 0 saturated carbocycles. The Labute approximate surface area is 74.2 Å². The maximum absolute atomic E-state index is 8.17. The van der Waals surface area contributed by atoms with Crippen molar-refractivity contribution in [1.29, 1.82) is 5.26 Å². The molecular formula is C7H6N2OP2. The molecule has 0 bridgehead atoms. The zero-order chi connectivity index (χ0) is 8.65. The van der Waals surface area contributed by atoms with Crippen LogP contribution in [0.1, 0.15) is 0 Å². The first-order valence-corrected chi connectivity index (χ1v) is 4.91. The molecular weight excluding hydrogens is 190 g/mol. The molecule has 60 valence electrons. The Balaban J connectivity index is 2.39. The van der Waals surface area contributed by atoms with Crippen molar-refractivity contribution in [3.8, 4) is 11.6 Å². The van der Waals surface area contributed by atoms with Gasteiger partial charge in [0, 0.05) is 0 Å². The second-order valence-corrected chi connectivity index (χ2v) is 3.40. The van der Waals surface area contributed by atoms with Gasteiger partial charge in [-0.3, -0.25) is 0 Å². The summed E-state index contributed by atoms with van der Waals surface area (Å²) in [5, 5.41) is 8.17. The molecule has 0 N–H and O–H groups in total. The van der Waals surface area contributed by atoms with E-state index in [0.29, 0.717) is 8.60 Å². The van der Waals surface area contributed by atoms with Gasteiger partial charge in [-0.1, -0.05) is 18.2 Å². The first kappa shape index (κ1) is 9.13. The van der Waals surface area contributed by atoms with E-state index in [4.69, 9.17) is 9.79 Å². The Morgan fingerprint density at radius 2 is 2.17 bits per heavy atom. The van der Waals surface area contributed by atoms with E-state index >= 15 is 0 Å². The number of hydrogen-bond donors (Lipinski definition) is 0. The maximum atomic E-state index is 8.17. The Morgan fingerprint density at radius 1 is 1.42 bits per heavy atom. The van der Waals surface area contributed by atoms with E-state index in [9.17, 15) is 0 Å². The van der Waals surface area contributed by atoms with Crippen molar-refractivity contribution in [2.24, 2.45) is 4.52 Å². The third-order valence-corrected chi connectivity index (χ3v) is 2.15. The van der Waals surface area contributed by atoms with E-state index in [1.165, 1.54) is 0 Å². The SMILES string of the molecule is N#CPN=POc1ccccc1. The summed E-state index contributed by atoms with van der Waals surface area (Å²) in [6.07, 6.45) is 0.